The average Bonchev–Trinajstić information content (AvgIpc) is 2.29. The molecule has 0 fully saturated rings. The fourth-order valence-corrected chi connectivity index (χ4v) is 1.43. The van der Waals surface area contributed by atoms with Gasteiger partial charge in [0.2, 0.25) is 0 Å². The third kappa shape index (κ3) is 5.38. The van der Waals surface area contributed by atoms with Crippen molar-refractivity contribution in [2.45, 2.75) is 26.4 Å². The molecular weight excluding hydrogens is 252 g/mol. The maximum absolute atomic E-state index is 11.9. The van der Waals surface area contributed by atoms with Crippen molar-refractivity contribution >= 4 is 5.91 Å². The van der Waals surface area contributed by atoms with Crippen molar-refractivity contribution in [3.8, 4) is 5.75 Å². The van der Waals surface area contributed by atoms with Gasteiger partial charge < -0.3 is 28.2 Å². The van der Waals surface area contributed by atoms with Crippen LogP contribution in [0.1, 0.15) is 30.6 Å². The van der Waals surface area contributed by atoms with Crippen LogP contribution in [-0.2, 0) is 0 Å². The van der Waals surface area contributed by atoms with Crippen LogP contribution in [0.5, 0.6) is 5.75 Å². The first-order valence-corrected chi connectivity index (χ1v) is 5.98. The van der Waals surface area contributed by atoms with E-state index in [2.05, 4.69) is 11.1 Å². The van der Waals surface area contributed by atoms with Crippen molar-refractivity contribution < 1.29 is 27.7 Å². The molecule has 102 valence electrons. The molecule has 0 aliphatic carbocycles. The topological polar surface area (TPSA) is 66.0 Å². The van der Waals surface area contributed by atoms with Gasteiger partial charge in [-0.05, 0) is 26.0 Å². The second-order valence-corrected chi connectivity index (χ2v) is 4.13. The molecule has 0 aliphatic rings. The molecule has 0 saturated heterocycles. The zero-order valence-corrected chi connectivity index (χ0v) is 11.7. The summed E-state index contributed by atoms with van der Waals surface area (Å²) < 4.78 is 5.60. The maximum atomic E-state index is 11.9. The van der Waals surface area contributed by atoms with Crippen LogP contribution >= 0.6 is 0 Å². The maximum Gasteiger partial charge on any atom is 0.255 e. The van der Waals surface area contributed by atoms with Crippen LogP contribution in [0.15, 0.2) is 24.3 Å². The van der Waals surface area contributed by atoms with E-state index >= 15 is 0 Å². The molecule has 4 N–H and O–H groups in total. The Balaban J connectivity index is 0.00000289. The summed E-state index contributed by atoms with van der Waals surface area (Å²) >= 11 is 0. The molecule has 1 rings (SSSR count). The molecule has 0 saturated carbocycles. The highest BCUT2D eigenvalue weighted by molar-refractivity contribution is 5.96. The Bertz CT molecular complexity index is 370. The van der Waals surface area contributed by atoms with Crippen molar-refractivity contribution in [1.29, 1.82) is 0 Å². The van der Waals surface area contributed by atoms with E-state index in [4.69, 9.17) is 4.74 Å². The monoisotopic (exact) mass is 272 g/mol. The van der Waals surface area contributed by atoms with E-state index in [-0.39, 0.29) is 24.4 Å². The highest BCUT2D eigenvalue weighted by atomic mass is 35.5. The van der Waals surface area contributed by atoms with Gasteiger partial charge in [-0.2, -0.15) is 0 Å². The molecule has 4 nitrogen and oxygen atoms in total. The minimum absolute atomic E-state index is 0. The number of hydrogen-bond acceptors (Lipinski definition) is 2. The van der Waals surface area contributed by atoms with Gasteiger partial charge in [-0.15, -0.1) is 0 Å². The molecule has 0 bridgehead atoms. The van der Waals surface area contributed by atoms with E-state index in [9.17, 15) is 4.79 Å². The first-order chi connectivity index (χ1) is 8.15. The number of ether oxygens (including phenoxy) is 1. The third-order valence-electron chi connectivity index (χ3n) is 2.21. The van der Waals surface area contributed by atoms with Crippen LogP contribution in [0.4, 0.5) is 0 Å². The molecule has 0 aromatic heterocycles. The molecule has 0 heterocycles. The standard InChI is InChI=1S/C13H20N2O2.ClH/c1-10(2)17-12-7-4-3-6-11(12)13(16)15-9-5-8-14;/h3-4,6-7,10H,5,8-9,14H2,1-2H3,(H,15,16);1H. The van der Waals surface area contributed by atoms with Gasteiger partial charge in [-0.25, -0.2) is 0 Å². The molecule has 0 atom stereocenters. The third-order valence-corrected chi connectivity index (χ3v) is 2.21. The predicted octanol–water partition coefficient (Wildman–Crippen LogP) is -2.16. The fourth-order valence-electron chi connectivity index (χ4n) is 1.43. The number of carbonyl (C=O) groups is 1. The Morgan fingerprint density at radius 1 is 1.39 bits per heavy atom. The minimum Gasteiger partial charge on any atom is -1.00 e. The number of rotatable bonds is 6. The van der Waals surface area contributed by atoms with E-state index in [1.807, 2.05) is 32.0 Å². The number of amides is 1. The lowest BCUT2D eigenvalue weighted by atomic mass is 10.2. The van der Waals surface area contributed by atoms with Crippen LogP contribution in [0.3, 0.4) is 0 Å². The van der Waals surface area contributed by atoms with Gasteiger partial charge in [0.25, 0.3) is 5.91 Å². The lowest BCUT2D eigenvalue weighted by molar-refractivity contribution is -0.367. The summed E-state index contributed by atoms with van der Waals surface area (Å²) in [6, 6.07) is 7.29. The summed E-state index contributed by atoms with van der Waals surface area (Å²) in [5.41, 5.74) is 4.32. The summed E-state index contributed by atoms with van der Waals surface area (Å²) in [6.07, 6.45) is 0.947. The van der Waals surface area contributed by atoms with Crippen LogP contribution < -0.4 is 28.2 Å². The molecule has 1 aromatic rings. The Kier molecular flexibility index (Phi) is 8.16. The molecule has 5 heteroatoms. The van der Waals surface area contributed by atoms with Gasteiger partial charge in [-0.1, -0.05) is 12.1 Å². The van der Waals surface area contributed by atoms with Crippen molar-refractivity contribution in [3.05, 3.63) is 29.8 Å². The smallest absolute Gasteiger partial charge is 0.255 e. The van der Waals surface area contributed by atoms with E-state index in [1.165, 1.54) is 0 Å². The number of nitrogens with one attached hydrogen (secondary N) is 1. The fraction of sp³-hybridized carbons (Fsp3) is 0.462. The molecule has 0 unspecified atom stereocenters. The number of halogens is 1. The van der Waals surface area contributed by atoms with Gasteiger partial charge in [0.15, 0.2) is 0 Å². The number of quaternary nitrogens is 1. The molecule has 18 heavy (non-hydrogen) atoms. The van der Waals surface area contributed by atoms with E-state index in [1.54, 1.807) is 6.07 Å². The summed E-state index contributed by atoms with van der Waals surface area (Å²) in [6.45, 7) is 5.36. The lowest BCUT2D eigenvalue weighted by Crippen LogP contribution is -3.00. The zero-order chi connectivity index (χ0) is 12.7. The highest BCUT2D eigenvalue weighted by Gasteiger charge is 2.12. The Morgan fingerprint density at radius 3 is 2.67 bits per heavy atom. The Morgan fingerprint density at radius 2 is 2.06 bits per heavy atom. The van der Waals surface area contributed by atoms with Gasteiger partial charge in [0.05, 0.1) is 18.2 Å². The molecule has 1 aromatic carbocycles. The van der Waals surface area contributed by atoms with E-state index in [0.29, 0.717) is 17.9 Å². The van der Waals surface area contributed by atoms with Gasteiger partial charge in [0.1, 0.15) is 5.75 Å². The quantitative estimate of drug-likeness (QED) is 0.580. The van der Waals surface area contributed by atoms with Gasteiger partial charge in [-0.3, -0.25) is 4.79 Å². The average molecular weight is 273 g/mol. The normalized spacial score (nSPS) is 9.78. The van der Waals surface area contributed by atoms with Crippen LogP contribution in [0.25, 0.3) is 0 Å². The number of hydrogen-bond donors (Lipinski definition) is 2. The van der Waals surface area contributed by atoms with Gasteiger partial charge in [0, 0.05) is 13.0 Å². The lowest BCUT2D eigenvalue weighted by Gasteiger charge is -2.13. The van der Waals surface area contributed by atoms with Crippen LogP contribution in [0, 0.1) is 0 Å². The van der Waals surface area contributed by atoms with Crippen molar-refractivity contribution in [2.75, 3.05) is 13.1 Å². The second-order valence-electron chi connectivity index (χ2n) is 4.13. The SMILES string of the molecule is CC(C)Oc1ccccc1C(=O)NCCC[NH3+].[Cl-]. The van der Waals surface area contributed by atoms with Crippen LogP contribution in [-0.4, -0.2) is 25.1 Å². The molecule has 0 radical (unpaired) electrons. The molecule has 1 amide bonds. The summed E-state index contributed by atoms with van der Waals surface area (Å²) in [7, 11) is 0. The Hall–Kier alpha value is -1.26. The van der Waals surface area contributed by atoms with E-state index < -0.39 is 0 Å². The highest BCUT2D eigenvalue weighted by Crippen LogP contribution is 2.19. The van der Waals surface area contributed by atoms with Gasteiger partial charge >= 0.3 is 0 Å². The van der Waals surface area contributed by atoms with Crippen molar-refractivity contribution in [2.24, 2.45) is 0 Å². The molecule has 0 spiro atoms. The first-order valence-electron chi connectivity index (χ1n) is 5.98. The first kappa shape index (κ1) is 16.7. The van der Waals surface area contributed by atoms with Crippen molar-refractivity contribution in [3.63, 3.8) is 0 Å². The van der Waals surface area contributed by atoms with Crippen LogP contribution in [0.2, 0.25) is 0 Å². The summed E-state index contributed by atoms with van der Waals surface area (Å²) in [5, 5.41) is 2.85. The zero-order valence-electron chi connectivity index (χ0n) is 10.9. The number of benzene rings is 1. The van der Waals surface area contributed by atoms with E-state index in [0.717, 1.165) is 13.0 Å². The number of para-hydroxylation sites is 1. The predicted molar refractivity (Wildman–Crippen MR) is 66.9 cm³/mol. The minimum atomic E-state index is -0.0882. The second kappa shape index (κ2) is 8.78. The number of carbonyl (C=O) groups excluding carboxylic acids is 1. The largest absolute Gasteiger partial charge is 1.00 e. The molecule has 0 aliphatic heterocycles. The summed E-state index contributed by atoms with van der Waals surface area (Å²) in [4.78, 5) is 11.9. The van der Waals surface area contributed by atoms with Crippen molar-refractivity contribution in [1.82, 2.24) is 5.32 Å². The Labute approximate surface area is 114 Å². The summed E-state index contributed by atoms with van der Waals surface area (Å²) in [5.74, 6) is 0.546. The molecular formula is C13H21ClN2O2.